The second-order valence-corrected chi connectivity index (χ2v) is 3.56. The number of rotatable bonds is 6. The molecule has 0 aromatic rings. The molecule has 3 heteroatoms. The van der Waals surface area contributed by atoms with Gasteiger partial charge in [-0.1, -0.05) is 47.6 Å². The smallest absolute Gasteiger partial charge is 0.330 e. The molecule has 3 nitrogen and oxygen atoms in total. The highest BCUT2D eigenvalue weighted by Gasteiger charge is 1.89. The molecule has 0 atom stereocenters. The molecule has 0 aliphatic heterocycles. The van der Waals surface area contributed by atoms with E-state index in [1.54, 1.807) is 12.2 Å². The monoisotopic (exact) mass is 246 g/mol. The first-order valence-electron chi connectivity index (χ1n) is 5.50. The Labute approximate surface area is 108 Å². The van der Waals surface area contributed by atoms with Crippen LogP contribution in [0.4, 0.5) is 0 Å². The molecule has 0 aliphatic rings. The van der Waals surface area contributed by atoms with Crippen molar-refractivity contribution in [3.05, 3.63) is 59.8 Å². The average Bonchev–Trinajstić information content (AvgIpc) is 2.36. The highest BCUT2D eigenvalue weighted by atomic mass is 16.5. The Kier molecular flexibility index (Phi) is 8.82. The van der Waals surface area contributed by atoms with Crippen LogP contribution in [0, 0.1) is 0 Å². The van der Waals surface area contributed by atoms with E-state index in [1.165, 1.54) is 19.3 Å². The number of aldehydes is 1. The van der Waals surface area contributed by atoms with E-state index in [2.05, 4.69) is 4.74 Å². The number of carbonyl (C=O) groups is 2. The first-order chi connectivity index (χ1) is 8.60. The van der Waals surface area contributed by atoms with E-state index in [1.807, 2.05) is 38.2 Å². The van der Waals surface area contributed by atoms with Gasteiger partial charge >= 0.3 is 5.97 Å². The summed E-state index contributed by atoms with van der Waals surface area (Å²) in [5.41, 5.74) is 1.96. The van der Waals surface area contributed by atoms with E-state index in [4.69, 9.17) is 0 Å². The lowest BCUT2D eigenvalue weighted by atomic mass is 10.2. The molecule has 0 fully saturated rings. The van der Waals surface area contributed by atoms with Crippen LogP contribution in [-0.4, -0.2) is 19.4 Å². The summed E-state index contributed by atoms with van der Waals surface area (Å²) in [5, 5.41) is 0. The molecule has 0 radical (unpaired) electrons. The Morgan fingerprint density at radius 3 is 2.11 bits per heavy atom. The zero-order valence-corrected chi connectivity index (χ0v) is 10.9. The fourth-order valence-electron chi connectivity index (χ4n) is 0.983. The first-order valence-corrected chi connectivity index (χ1v) is 5.50. The van der Waals surface area contributed by atoms with Crippen LogP contribution in [0.15, 0.2) is 59.8 Å². The molecule has 0 rings (SSSR count). The maximum Gasteiger partial charge on any atom is 0.330 e. The van der Waals surface area contributed by atoms with Crippen LogP contribution in [0.25, 0.3) is 0 Å². The highest BCUT2D eigenvalue weighted by Crippen LogP contribution is 1.99. The minimum Gasteiger partial charge on any atom is -0.466 e. The zero-order valence-electron chi connectivity index (χ0n) is 10.9. The normalized spacial score (nSPS) is 13.7. The van der Waals surface area contributed by atoms with Crippen LogP contribution in [0.2, 0.25) is 0 Å². The SMILES string of the molecule is COC(=O)/C=C/C(C)=C/C=C/C(C)=C/C=C/C=O. The van der Waals surface area contributed by atoms with Gasteiger partial charge in [0.15, 0.2) is 0 Å². The summed E-state index contributed by atoms with van der Waals surface area (Å²) >= 11 is 0. The van der Waals surface area contributed by atoms with Crippen molar-refractivity contribution in [2.24, 2.45) is 0 Å². The summed E-state index contributed by atoms with van der Waals surface area (Å²) in [5.74, 6) is -0.373. The number of carbonyl (C=O) groups excluding carboxylic acids is 2. The van der Waals surface area contributed by atoms with E-state index in [0.29, 0.717) is 0 Å². The maximum absolute atomic E-state index is 10.8. The van der Waals surface area contributed by atoms with Crippen LogP contribution in [-0.2, 0) is 14.3 Å². The molecule has 0 saturated heterocycles. The van der Waals surface area contributed by atoms with Crippen molar-refractivity contribution in [2.75, 3.05) is 7.11 Å². The second-order valence-electron chi connectivity index (χ2n) is 3.56. The van der Waals surface area contributed by atoms with Gasteiger partial charge in [0.2, 0.25) is 0 Å². The maximum atomic E-state index is 10.8. The molecule has 0 aliphatic carbocycles. The van der Waals surface area contributed by atoms with E-state index in [0.717, 1.165) is 17.4 Å². The number of esters is 1. The van der Waals surface area contributed by atoms with Crippen LogP contribution >= 0.6 is 0 Å². The summed E-state index contributed by atoms with van der Waals surface area (Å²) in [6.07, 6.45) is 14.4. The van der Waals surface area contributed by atoms with E-state index in [-0.39, 0.29) is 5.97 Å². The third-order valence-corrected chi connectivity index (χ3v) is 1.95. The Morgan fingerprint density at radius 2 is 1.50 bits per heavy atom. The van der Waals surface area contributed by atoms with Crippen LogP contribution in [0.3, 0.4) is 0 Å². The molecule has 0 aromatic heterocycles. The number of hydrogen-bond acceptors (Lipinski definition) is 3. The molecule has 18 heavy (non-hydrogen) atoms. The predicted octanol–water partition coefficient (Wildman–Crippen LogP) is 2.92. The van der Waals surface area contributed by atoms with Crippen molar-refractivity contribution >= 4 is 12.3 Å². The molecule has 0 saturated carbocycles. The number of allylic oxidation sites excluding steroid dienone is 9. The topological polar surface area (TPSA) is 43.4 Å². The molecular formula is C15H18O3. The molecule has 0 unspecified atom stereocenters. The van der Waals surface area contributed by atoms with Crippen molar-refractivity contribution in [3.63, 3.8) is 0 Å². The van der Waals surface area contributed by atoms with Gasteiger partial charge < -0.3 is 4.74 Å². The summed E-state index contributed by atoms with van der Waals surface area (Å²) in [4.78, 5) is 20.9. The molecule has 0 aromatic carbocycles. The second kappa shape index (κ2) is 10.0. The molecule has 0 spiro atoms. The van der Waals surface area contributed by atoms with E-state index < -0.39 is 0 Å². The number of ether oxygens (including phenoxy) is 1. The molecule has 96 valence electrons. The van der Waals surface area contributed by atoms with E-state index in [9.17, 15) is 9.59 Å². The Balaban J connectivity index is 4.40. The van der Waals surface area contributed by atoms with Gasteiger partial charge in [-0.3, -0.25) is 4.79 Å². The zero-order chi connectivity index (χ0) is 13.8. The average molecular weight is 246 g/mol. The van der Waals surface area contributed by atoms with E-state index >= 15 is 0 Å². The van der Waals surface area contributed by atoms with Gasteiger partial charge in [-0.2, -0.15) is 0 Å². The van der Waals surface area contributed by atoms with Gasteiger partial charge in [-0.15, -0.1) is 0 Å². The Morgan fingerprint density at radius 1 is 0.889 bits per heavy atom. The van der Waals surface area contributed by atoms with Gasteiger partial charge in [-0.05, 0) is 19.9 Å². The van der Waals surface area contributed by atoms with Crippen LogP contribution < -0.4 is 0 Å². The summed E-state index contributed by atoms with van der Waals surface area (Å²) in [6, 6.07) is 0. The van der Waals surface area contributed by atoms with Gasteiger partial charge in [0.25, 0.3) is 0 Å². The molecule has 0 bridgehead atoms. The minimum absolute atomic E-state index is 0.373. The molecule has 0 amide bonds. The molecule has 0 heterocycles. The van der Waals surface area contributed by atoms with Gasteiger partial charge in [0, 0.05) is 6.08 Å². The van der Waals surface area contributed by atoms with Gasteiger partial charge in [0.05, 0.1) is 7.11 Å². The lowest BCUT2D eigenvalue weighted by Crippen LogP contribution is -1.93. The number of methoxy groups -OCH3 is 1. The highest BCUT2D eigenvalue weighted by molar-refractivity contribution is 5.82. The third-order valence-electron chi connectivity index (χ3n) is 1.95. The standard InChI is InChI=1S/C15H18O3/c1-13(7-4-5-12-16)8-6-9-14(2)10-11-15(17)18-3/h4-12H,1-3H3/b5-4+,8-6+,11-10+,13-7+,14-9+. The van der Waals surface area contributed by atoms with Crippen molar-refractivity contribution in [2.45, 2.75) is 13.8 Å². The van der Waals surface area contributed by atoms with Gasteiger partial charge in [0.1, 0.15) is 6.29 Å². The number of hydrogen-bond donors (Lipinski definition) is 0. The predicted molar refractivity (Wildman–Crippen MR) is 73.0 cm³/mol. The largest absolute Gasteiger partial charge is 0.466 e. The Bertz CT molecular complexity index is 421. The third kappa shape index (κ3) is 9.09. The molecule has 0 N–H and O–H groups in total. The van der Waals surface area contributed by atoms with Crippen LogP contribution in [0.1, 0.15) is 13.8 Å². The van der Waals surface area contributed by atoms with Crippen LogP contribution in [0.5, 0.6) is 0 Å². The van der Waals surface area contributed by atoms with Crippen molar-refractivity contribution in [1.82, 2.24) is 0 Å². The summed E-state index contributed by atoms with van der Waals surface area (Å²) in [6.45, 7) is 3.81. The summed E-state index contributed by atoms with van der Waals surface area (Å²) < 4.78 is 4.48. The minimum atomic E-state index is -0.373. The summed E-state index contributed by atoms with van der Waals surface area (Å²) in [7, 11) is 1.34. The Hall–Kier alpha value is -2.16. The quantitative estimate of drug-likeness (QED) is 0.313. The lowest BCUT2D eigenvalue weighted by Gasteiger charge is -1.91. The lowest BCUT2D eigenvalue weighted by molar-refractivity contribution is -0.134. The van der Waals surface area contributed by atoms with Crippen molar-refractivity contribution in [1.29, 1.82) is 0 Å². The fraction of sp³-hybridized carbons (Fsp3) is 0.200. The van der Waals surface area contributed by atoms with Crippen molar-refractivity contribution in [3.8, 4) is 0 Å². The van der Waals surface area contributed by atoms with Crippen molar-refractivity contribution < 1.29 is 14.3 Å². The fourth-order valence-corrected chi connectivity index (χ4v) is 0.983. The van der Waals surface area contributed by atoms with Gasteiger partial charge in [-0.25, -0.2) is 4.79 Å². The first kappa shape index (κ1) is 15.8. The molecular weight excluding hydrogens is 228 g/mol.